The Morgan fingerprint density at radius 3 is 2.32 bits per heavy atom. The number of guanidine groups is 1. The van der Waals surface area contributed by atoms with Crippen molar-refractivity contribution >= 4 is 41.5 Å². The van der Waals surface area contributed by atoms with E-state index in [0.29, 0.717) is 12.0 Å². The summed E-state index contributed by atoms with van der Waals surface area (Å²) in [6, 6.07) is 6.49. The first-order valence-electron chi connectivity index (χ1n) is 10.9. The summed E-state index contributed by atoms with van der Waals surface area (Å²) in [7, 11) is 5.05. The van der Waals surface area contributed by atoms with Crippen LogP contribution in [0.4, 0.5) is 5.69 Å². The molecule has 1 unspecified atom stereocenters. The van der Waals surface area contributed by atoms with Gasteiger partial charge >= 0.3 is 0 Å². The van der Waals surface area contributed by atoms with Crippen LogP contribution in [0.5, 0.6) is 11.5 Å². The largest absolute Gasteiger partial charge is 0.497 e. The topological polar surface area (TPSA) is 87.2 Å². The number of anilines is 1. The van der Waals surface area contributed by atoms with Gasteiger partial charge in [0.2, 0.25) is 5.91 Å². The molecule has 0 spiro atoms. The van der Waals surface area contributed by atoms with Crippen molar-refractivity contribution in [3.05, 3.63) is 18.2 Å². The Bertz CT molecular complexity index is 718. The average Bonchev–Trinajstić information content (AvgIpc) is 3.25. The molecule has 1 aromatic carbocycles. The van der Waals surface area contributed by atoms with Crippen LogP contribution in [0.15, 0.2) is 23.2 Å². The minimum atomic E-state index is 0. The molecule has 3 N–H and O–H groups in total. The van der Waals surface area contributed by atoms with E-state index in [1.807, 2.05) is 18.2 Å². The molecule has 3 rings (SSSR count). The second kappa shape index (κ2) is 12.8. The average molecular weight is 545 g/mol. The summed E-state index contributed by atoms with van der Waals surface area (Å²) in [5.41, 5.74) is 1.07. The maximum absolute atomic E-state index is 12.2. The minimum Gasteiger partial charge on any atom is -0.497 e. The van der Waals surface area contributed by atoms with Gasteiger partial charge in [0.05, 0.1) is 20.8 Å². The highest BCUT2D eigenvalue weighted by molar-refractivity contribution is 14.0. The van der Waals surface area contributed by atoms with Crippen LogP contribution in [0.25, 0.3) is 0 Å². The van der Waals surface area contributed by atoms with Crippen molar-refractivity contribution in [3.8, 4) is 11.5 Å². The molecule has 0 radical (unpaired) electrons. The zero-order chi connectivity index (χ0) is 21.3. The van der Waals surface area contributed by atoms with Crippen molar-refractivity contribution in [1.29, 1.82) is 0 Å². The van der Waals surface area contributed by atoms with Gasteiger partial charge in [0.15, 0.2) is 5.96 Å². The number of carbonyl (C=O) groups excluding carboxylic acids is 1. The lowest BCUT2D eigenvalue weighted by Gasteiger charge is -2.23. The summed E-state index contributed by atoms with van der Waals surface area (Å²) in [5, 5.41) is 9.71. The number of ether oxygens (including phenoxy) is 2. The number of rotatable bonds is 7. The monoisotopic (exact) mass is 545 g/mol. The Hall–Kier alpha value is -1.91. The summed E-state index contributed by atoms with van der Waals surface area (Å²) in [5.74, 6) is 2.25. The molecule has 0 bridgehead atoms. The Morgan fingerprint density at radius 1 is 1.03 bits per heavy atom. The van der Waals surface area contributed by atoms with Crippen LogP contribution >= 0.6 is 24.0 Å². The molecule has 0 aromatic heterocycles. The van der Waals surface area contributed by atoms with Crippen LogP contribution in [0.3, 0.4) is 0 Å². The third kappa shape index (κ3) is 7.62. The Balaban J connectivity index is 0.00000341. The number of hydrogen-bond acceptors (Lipinski definition) is 5. The fraction of sp³-hybridized carbons (Fsp3) is 0.636. The highest BCUT2D eigenvalue weighted by Gasteiger charge is 2.24. The molecule has 1 saturated carbocycles. The molecular weight excluding hydrogens is 509 g/mol. The lowest BCUT2D eigenvalue weighted by molar-refractivity contribution is -0.120. The van der Waals surface area contributed by atoms with E-state index in [-0.39, 0.29) is 42.5 Å². The van der Waals surface area contributed by atoms with E-state index in [0.717, 1.165) is 49.5 Å². The summed E-state index contributed by atoms with van der Waals surface area (Å²) in [4.78, 5) is 18.8. The molecule has 1 aromatic rings. The van der Waals surface area contributed by atoms with Gasteiger partial charge < -0.3 is 30.3 Å². The fourth-order valence-corrected chi connectivity index (χ4v) is 4.17. The number of nitrogens with one attached hydrogen (secondary N) is 3. The van der Waals surface area contributed by atoms with Crippen molar-refractivity contribution in [3.63, 3.8) is 0 Å². The predicted octanol–water partition coefficient (Wildman–Crippen LogP) is 2.51. The van der Waals surface area contributed by atoms with Crippen molar-refractivity contribution in [2.45, 2.75) is 50.6 Å². The first kappa shape index (κ1) is 25.4. The van der Waals surface area contributed by atoms with E-state index >= 15 is 0 Å². The van der Waals surface area contributed by atoms with Gasteiger partial charge in [0.25, 0.3) is 0 Å². The number of amides is 1. The van der Waals surface area contributed by atoms with E-state index in [1.54, 1.807) is 21.3 Å². The molecule has 2 fully saturated rings. The summed E-state index contributed by atoms with van der Waals surface area (Å²) in [6.07, 6.45) is 6.85. The van der Waals surface area contributed by atoms with Crippen molar-refractivity contribution in [1.82, 2.24) is 16.0 Å². The molecule has 2 aliphatic rings. The van der Waals surface area contributed by atoms with Crippen LogP contribution in [0, 0.1) is 0 Å². The maximum atomic E-state index is 12.2. The zero-order valence-electron chi connectivity index (χ0n) is 18.8. The first-order chi connectivity index (χ1) is 14.6. The molecule has 1 atom stereocenters. The second-order valence-corrected chi connectivity index (χ2v) is 7.98. The quantitative estimate of drug-likeness (QED) is 0.278. The number of benzene rings is 1. The van der Waals surface area contributed by atoms with Crippen molar-refractivity contribution < 1.29 is 14.3 Å². The van der Waals surface area contributed by atoms with Gasteiger partial charge in [0, 0.05) is 56.1 Å². The SMILES string of the molecule is CN=C(NCC(=O)NC1CCCCC1)NC1CCN(c2cc(OC)cc(OC)c2)C1.I. The molecule has 1 aliphatic heterocycles. The highest BCUT2D eigenvalue weighted by Crippen LogP contribution is 2.30. The zero-order valence-corrected chi connectivity index (χ0v) is 21.1. The van der Waals surface area contributed by atoms with E-state index in [4.69, 9.17) is 9.47 Å². The number of aliphatic imine (C=N–C) groups is 1. The normalized spacial score (nSPS) is 19.4. The molecule has 1 aliphatic carbocycles. The number of carbonyl (C=O) groups is 1. The molecule has 1 amide bonds. The predicted molar refractivity (Wildman–Crippen MR) is 135 cm³/mol. The molecule has 1 heterocycles. The van der Waals surface area contributed by atoms with Gasteiger partial charge in [-0.05, 0) is 19.3 Å². The van der Waals surface area contributed by atoms with Gasteiger partial charge in [-0.3, -0.25) is 9.79 Å². The molecule has 174 valence electrons. The van der Waals surface area contributed by atoms with Crippen LogP contribution in [-0.4, -0.2) is 64.9 Å². The Kier molecular flexibility index (Phi) is 10.5. The van der Waals surface area contributed by atoms with Crippen LogP contribution in [0.1, 0.15) is 38.5 Å². The highest BCUT2D eigenvalue weighted by atomic mass is 127. The molecular formula is C22H36IN5O3. The van der Waals surface area contributed by atoms with Gasteiger partial charge in [-0.1, -0.05) is 19.3 Å². The van der Waals surface area contributed by atoms with Crippen molar-refractivity contribution in [2.24, 2.45) is 4.99 Å². The molecule has 1 saturated heterocycles. The third-order valence-corrected chi connectivity index (χ3v) is 5.84. The Morgan fingerprint density at radius 2 is 1.71 bits per heavy atom. The molecule has 8 nitrogen and oxygen atoms in total. The lowest BCUT2D eigenvalue weighted by Crippen LogP contribution is -2.49. The van der Waals surface area contributed by atoms with Crippen LogP contribution in [-0.2, 0) is 4.79 Å². The number of methoxy groups -OCH3 is 2. The number of nitrogens with zero attached hydrogens (tertiary/aromatic N) is 2. The van der Waals surface area contributed by atoms with E-state index in [2.05, 4.69) is 25.8 Å². The van der Waals surface area contributed by atoms with Gasteiger partial charge in [0.1, 0.15) is 11.5 Å². The van der Waals surface area contributed by atoms with Gasteiger partial charge in [-0.2, -0.15) is 0 Å². The Labute approximate surface area is 202 Å². The second-order valence-electron chi connectivity index (χ2n) is 7.98. The summed E-state index contributed by atoms with van der Waals surface area (Å²) >= 11 is 0. The smallest absolute Gasteiger partial charge is 0.239 e. The van der Waals surface area contributed by atoms with Gasteiger partial charge in [-0.25, -0.2) is 0 Å². The lowest BCUT2D eigenvalue weighted by atomic mass is 9.95. The van der Waals surface area contributed by atoms with Gasteiger partial charge in [-0.15, -0.1) is 24.0 Å². The summed E-state index contributed by atoms with van der Waals surface area (Å²) in [6.45, 7) is 2.00. The third-order valence-electron chi connectivity index (χ3n) is 5.84. The standard InChI is InChI=1S/C22H35N5O3.HI/c1-23-22(24-14-21(28)25-16-7-5-4-6-8-16)26-17-9-10-27(15-17)18-11-19(29-2)13-20(12-18)30-3;/h11-13,16-17H,4-10,14-15H2,1-3H3,(H,25,28)(H2,23,24,26);1H. The molecule has 31 heavy (non-hydrogen) atoms. The first-order valence-corrected chi connectivity index (χ1v) is 10.9. The van der Waals surface area contributed by atoms with E-state index in [1.165, 1.54) is 19.3 Å². The maximum Gasteiger partial charge on any atom is 0.239 e. The van der Waals surface area contributed by atoms with E-state index < -0.39 is 0 Å². The van der Waals surface area contributed by atoms with Crippen molar-refractivity contribution in [2.75, 3.05) is 45.8 Å². The van der Waals surface area contributed by atoms with Crippen LogP contribution < -0.4 is 30.3 Å². The summed E-state index contributed by atoms with van der Waals surface area (Å²) < 4.78 is 10.8. The number of hydrogen-bond donors (Lipinski definition) is 3. The number of halogens is 1. The molecule has 9 heteroatoms. The van der Waals surface area contributed by atoms with Crippen LogP contribution in [0.2, 0.25) is 0 Å². The minimum absolute atomic E-state index is 0. The fourth-order valence-electron chi connectivity index (χ4n) is 4.17. The van der Waals surface area contributed by atoms with E-state index in [9.17, 15) is 4.79 Å².